The molecule has 0 radical (unpaired) electrons. The zero-order valence-electron chi connectivity index (χ0n) is 10.5. The quantitative estimate of drug-likeness (QED) is 0.921. The second-order valence-corrected chi connectivity index (χ2v) is 6.90. The van der Waals surface area contributed by atoms with Crippen molar-refractivity contribution in [2.45, 2.75) is 11.8 Å². The highest BCUT2D eigenvalue weighted by molar-refractivity contribution is 7.93. The van der Waals surface area contributed by atoms with Gasteiger partial charge < -0.3 is 9.47 Å². The normalized spacial score (nSPS) is 14.1. The van der Waals surface area contributed by atoms with E-state index in [-0.39, 0.29) is 10.0 Å². The number of hydrogen-bond donors (Lipinski definition) is 1. The third-order valence-corrected chi connectivity index (χ3v) is 4.79. The molecule has 1 aromatic heterocycles. The summed E-state index contributed by atoms with van der Waals surface area (Å²) >= 11 is 1.17. The van der Waals surface area contributed by atoms with Gasteiger partial charge in [0.2, 0.25) is 5.13 Å². The van der Waals surface area contributed by atoms with Crippen LogP contribution < -0.4 is 14.2 Å². The average Bonchev–Trinajstić information content (AvgIpc) is 2.83. The van der Waals surface area contributed by atoms with E-state index in [0.717, 1.165) is 0 Å². The van der Waals surface area contributed by atoms with Crippen molar-refractivity contribution in [1.29, 1.82) is 0 Å². The van der Waals surface area contributed by atoms with Crippen LogP contribution in [-0.2, 0) is 10.0 Å². The van der Waals surface area contributed by atoms with Crippen molar-refractivity contribution in [3.8, 4) is 11.5 Å². The van der Waals surface area contributed by atoms with E-state index in [0.29, 0.717) is 29.7 Å². The summed E-state index contributed by atoms with van der Waals surface area (Å²) in [4.78, 5) is 0.0922. The fourth-order valence-electron chi connectivity index (χ4n) is 1.70. The van der Waals surface area contributed by atoms with E-state index in [1.54, 1.807) is 13.0 Å². The van der Waals surface area contributed by atoms with Crippen LogP contribution in [-0.4, -0.2) is 31.8 Å². The third kappa shape index (κ3) is 2.54. The molecule has 0 amide bonds. The van der Waals surface area contributed by atoms with E-state index in [2.05, 4.69) is 14.9 Å². The minimum absolute atomic E-state index is 0.0922. The van der Waals surface area contributed by atoms with Gasteiger partial charge >= 0.3 is 0 Å². The fourth-order valence-corrected chi connectivity index (χ4v) is 3.54. The van der Waals surface area contributed by atoms with Gasteiger partial charge in [-0.05, 0) is 19.1 Å². The smallest absolute Gasteiger partial charge is 0.263 e. The molecule has 0 fully saturated rings. The maximum absolute atomic E-state index is 12.2. The Labute approximate surface area is 119 Å². The lowest BCUT2D eigenvalue weighted by molar-refractivity contribution is 0.171. The Balaban J connectivity index is 1.91. The Hall–Kier alpha value is -1.87. The van der Waals surface area contributed by atoms with E-state index in [1.165, 1.54) is 23.5 Å². The summed E-state index contributed by atoms with van der Waals surface area (Å²) in [7, 11) is -3.71. The molecule has 1 aromatic carbocycles. The second kappa shape index (κ2) is 4.91. The highest BCUT2D eigenvalue weighted by atomic mass is 32.2. The maximum atomic E-state index is 12.2. The number of nitrogens with one attached hydrogen (secondary N) is 1. The molecule has 0 spiro atoms. The number of fused-ring (bicyclic) bond motifs is 1. The molecular formula is C11H11N3O4S2. The number of rotatable bonds is 3. The van der Waals surface area contributed by atoms with E-state index in [9.17, 15) is 8.42 Å². The molecule has 20 heavy (non-hydrogen) atoms. The average molecular weight is 313 g/mol. The first-order valence-electron chi connectivity index (χ1n) is 5.77. The van der Waals surface area contributed by atoms with Crippen molar-refractivity contribution in [3.63, 3.8) is 0 Å². The summed E-state index contributed by atoms with van der Waals surface area (Å²) in [6.07, 6.45) is 0. The molecule has 7 nitrogen and oxygen atoms in total. The molecule has 3 rings (SSSR count). The highest BCUT2D eigenvalue weighted by Crippen LogP contribution is 2.32. The molecular weight excluding hydrogens is 302 g/mol. The molecule has 0 aliphatic carbocycles. The number of sulfonamides is 1. The van der Waals surface area contributed by atoms with Crippen LogP contribution in [0.1, 0.15) is 5.01 Å². The molecule has 0 saturated heterocycles. The van der Waals surface area contributed by atoms with Crippen molar-refractivity contribution < 1.29 is 17.9 Å². The molecule has 2 aromatic rings. The topological polar surface area (TPSA) is 90.4 Å². The monoisotopic (exact) mass is 313 g/mol. The van der Waals surface area contributed by atoms with Crippen molar-refractivity contribution in [1.82, 2.24) is 10.2 Å². The molecule has 0 unspecified atom stereocenters. The van der Waals surface area contributed by atoms with Crippen molar-refractivity contribution >= 4 is 26.5 Å². The summed E-state index contributed by atoms with van der Waals surface area (Å²) in [5.41, 5.74) is 0. The summed E-state index contributed by atoms with van der Waals surface area (Å²) in [6, 6.07) is 4.48. The Morgan fingerprint density at radius 3 is 2.65 bits per heavy atom. The van der Waals surface area contributed by atoms with Gasteiger partial charge in [-0.15, -0.1) is 10.2 Å². The molecule has 1 N–H and O–H groups in total. The van der Waals surface area contributed by atoms with Crippen LogP contribution >= 0.6 is 11.3 Å². The molecule has 1 aliphatic heterocycles. The van der Waals surface area contributed by atoms with Gasteiger partial charge in [0.15, 0.2) is 11.5 Å². The van der Waals surface area contributed by atoms with E-state index in [4.69, 9.17) is 9.47 Å². The predicted molar refractivity (Wildman–Crippen MR) is 72.9 cm³/mol. The van der Waals surface area contributed by atoms with Crippen LogP contribution in [0.4, 0.5) is 5.13 Å². The van der Waals surface area contributed by atoms with Crippen molar-refractivity contribution in [2.75, 3.05) is 17.9 Å². The molecule has 106 valence electrons. The maximum Gasteiger partial charge on any atom is 0.263 e. The third-order valence-electron chi connectivity index (χ3n) is 2.57. The van der Waals surface area contributed by atoms with E-state index >= 15 is 0 Å². The van der Waals surface area contributed by atoms with Gasteiger partial charge in [0.05, 0.1) is 4.90 Å². The molecule has 2 heterocycles. The summed E-state index contributed by atoms with van der Waals surface area (Å²) < 4.78 is 37.6. The standard InChI is InChI=1S/C11H11N3O4S2/c1-7-12-13-11(19-7)14-20(15,16)8-2-3-9-10(6-8)18-5-4-17-9/h2-3,6H,4-5H2,1H3,(H,13,14). The van der Waals surface area contributed by atoms with Gasteiger partial charge in [0, 0.05) is 6.07 Å². The molecule has 9 heteroatoms. The molecule has 0 saturated carbocycles. The SMILES string of the molecule is Cc1nnc(NS(=O)(=O)c2ccc3c(c2)OCCO3)s1. The van der Waals surface area contributed by atoms with Crippen LogP contribution in [0, 0.1) is 6.92 Å². The summed E-state index contributed by atoms with van der Waals surface area (Å²) in [5, 5.41) is 8.42. The number of nitrogens with zero attached hydrogens (tertiary/aromatic N) is 2. The van der Waals surface area contributed by atoms with E-state index < -0.39 is 10.0 Å². The van der Waals surface area contributed by atoms with Gasteiger partial charge in [-0.2, -0.15) is 0 Å². The zero-order valence-corrected chi connectivity index (χ0v) is 12.1. The number of hydrogen-bond acceptors (Lipinski definition) is 7. The predicted octanol–water partition coefficient (Wildman–Crippen LogP) is 1.42. The van der Waals surface area contributed by atoms with Gasteiger partial charge in [-0.3, -0.25) is 4.72 Å². The fraction of sp³-hybridized carbons (Fsp3) is 0.273. The molecule has 0 bridgehead atoms. The second-order valence-electron chi connectivity index (χ2n) is 4.04. The Morgan fingerprint density at radius 2 is 1.95 bits per heavy atom. The van der Waals surface area contributed by atoms with Crippen LogP contribution in [0.25, 0.3) is 0 Å². The van der Waals surface area contributed by atoms with Crippen LogP contribution in [0.2, 0.25) is 0 Å². The van der Waals surface area contributed by atoms with Gasteiger partial charge in [0.25, 0.3) is 10.0 Å². The Bertz CT molecular complexity index is 742. The lowest BCUT2D eigenvalue weighted by Gasteiger charge is -2.18. The first-order valence-corrected chi connectivity index (χ1v) is 8.07. The van der Waals surface area contributed by atoms with Crippen LogP contribution in [0.3, 0.4) is 0 Å². The van der Waals surface area contributed by atoms with Crippen LogP contribution in [0.15, 0.2) is 23.1 Å². The Morgan fingerprint density at radius 1 is 1.20 bits per heavy atom. The first kappa shape index (κ1) is 13.1. The first-order chi connectivity index (χ1) is 9.54. The van der Waals surface area contributed by atoms with Gasteiger partial charge in [-0.25, -0.2) is 8.42 Å². The number of ether oxygens (including phenoxy) is 2. The summed E-state index contributed by atoms with van der Waals surface area (Å²) in [6.45, 7) is 2.61. The minimum Gasteiger partial charge on any atom is -0.486 e. The van der Waals surface area contributed by atoms with Crippen molar-refractivity contribution in [2.24, 2.45) is 0 Å². The lowest BCUT2D eigenvalue weighted by atomic mass is 10.3. The highest BCUT2D eigenvalue weighted by Gasteiger charge is 2.20. The minimum atomic E-state index is -3.71. The zero-order chi connectivity index (χ0) is 14.2. The number of anilines is 1. The van der Waals surface area contributed by atoms with Gasteiger partial charge in [-0.1, -0.05) is 11.3 Å². The van der Waals surface area contributed by atoms with E-state index in [1.807, 2.05) is 0 Å². The molecule has 0 atom stereocenters. The number of benzene rings is 1. The lowest BCUT2D eigenvalue weighted by Crippen LogP contribution is -2.17. The largest absolute Gasteiger partial charge is 0.486 e. The Kier molecular flexibility index (Phi) is 3.22. The molecule has 1 aliphatic rings. The van der Waals surface area contributed by atoms with Crippen LogP contribution in [0.5, 0.6) is 11.5 Å². The summed E-state index contributed by atoms with van der Waals surface area (Å²) in [5.74, 6) is 0.967. The van der Waals surface area contributed by atoms with Crippen molar-refractivity contribution in [3.05, 3.63) is 23.2 Å². The number of aromatic nitrogens is 2. The number of aryl methyl sites for hydroxylation is 1. The van der Waals surface area contributed by atoms with Gasteiger partial charge in [0.1, 0.15) is 18.2 Å².